The van der Waals surface area contributed by atoms with Gasteiger partial charge in [0.15, 0.2) is 0 Å². The van der Waals surface area contributed by atoms with Crippen LogP contribution in [0.5, 0.6) is 0 Å². The molecule has 0 radical (unpaired) electrons. The van der Waals surface area contributed by atoms with Gasteiger partial charge in [-0.3, -0.25) is 9.67 Å². The summed E-state index contributed by atoms with van der Waals surface area (Å²) < 4.78 is 2.80. The Kier molecular flexibility index (Phi) is 1.73. The first-order valence-electron chi connectivity index (χ1n) is 3.84. The van der Waals surface area contributed by atoms with E-state index in [1.807, 2.05) is 0 Å². The monoisotopic (exact) mass is 179 g/mol. The summed E-state index contributed by atoms with van der Waals surface area (Å²) in [7, 11) is 1.67. The van der Waals surface area contributed by atoms with Crippen molar-refractivity contribution in [1.82, 2.24) is 24.5 Å². The van der Waals surface area contributed by atoms with E-state index < -0.39 is 0 Å². The van der Waals surface area contributed by atoms with Gasteiger partial charge in [-0.2, -0.15) is 10.2 Å². The van der Waals surface area contributed by atoms with Crippen molar-refractivity contribution in [3.05, 3.63) is 34.8 Å². The zero-order chi connectivity index (χ0) is 9.26. The van der Waals surface area contributed by atoms with Crippen LogP contribution in [-0.2, 0) is 13.6 Å². The van der Waals surface area contributed by atoms with E-state index in [1.54, 1.807) is 19.3 Å². The summed E-state index contributed by atoms with van der Waals surface area (Å²) in [6, 6.07) is 1.81. The summed E-state index contributed by atoms with van der Waals surface area (Å²) in [5, 5.41) is 10.5. The third-order valence-electron chi connectivity index (χ3n) is 1.77. The normalized spacial score (nSPS) is 10.5. The Morgan fingerprint density at radius 3 is 3.00 bits per heavy atom. The lowest BCUT2D eigenvalue weighted by Gasteiger charge is -1.94. The minimum absolute atomic E-state index is 0.130. The summed E-state index contributed by atoms with van der Waals surface area (Å²) in [4.78, 5) is 11.3. The SMILES string of the molecule is Cn1cnn(Cc2ccn[nH]2)c1=O. The van der Waals surface area contributed by atoms with Gasteiger partial charge in [0.1, 0.15) is 6.33 Å². The first-order valence-corrected chi connectivity index (χ1v) is 3.84. The Hall–Kier alpha value is -1.85. The highest BCUT2D eigenvalue weighted by atomic mass is 16.2. The Labute approximate surface area is 73.8 Å². The van der Waals surface area contributed by atoms with E-state index in [0.717, 1.165) is 5.69 Å². The van der Waals surface area contributed by atoms with Crippen molar-refractivity contribution >= 4 is 0 Å². The van der Waals surface area contributed by atoms with Gasteiger partial charge in [-0.1, -0.05) is 0 Å². The summed E-state index contributed by atoms with van der Waals surface area (Å²) in [6.45, 7) is 0.430. The van der Waals surface area contributed by atoms with Crippen LogP contribution in [0.15, 0.2) is 23.4 Å². The third-order valence-corrected chi connectivity index (χ3v) is 1.77. The van der Waals surface area contributed by atoms with E-state index in [1.165, 1.54) is 15.6 Å². The van der Waals surface area contributed by atoms with Crippen molar-refractivity contribution in [2.24, 2.45) is 7.05 Å². The second-order valence-corrected chi connectivity index (χ2v) is 2.76. The van der Waals surface area contributed by atoms with E-state index in [2.05, 4.69) is 15.3 Å². The van der Waals surface area contributed by atoms with Crippen LogP contribution in [0.25, 0.3) is 0 Å². The van der Waals surface area contributed by atoms with Gasteiger partial charge in [0, 0.05) is 13.2 Å². The molecule has 2 aromatic heterocycles. The Morgan fingerprint density at radius 2 is 2.46 bits per heavy atom. The van der Waals surface area contributed by atoms with Crippen LogP contribution in [-0.4, -0.2) is 24.5 Å². The molecule has 1 N–H and O–H groups in total. The molecular formula is C7H9N5O. The van der Waals surface area contributed by atoms with Crippen molar-refractivity contribution in [3.8, 4) is 0 Å². The average Bonchev–Trinajstić information content (AvgIpc) is 2.71. The van der Waals surface area contributed by atoms with Crippen molar-refractivity contribution in [2.75, 3.05) is 0 Å². The zero-order valence-corrected chi connectivity index (χ0v) is 7.14. The van der Waals surface area contributed by atoms with Crippen LogP contribution in [0.2, 0.25) is 0 Å². The van der Waals surface area contributed by atoms with Crippen LogP contribution in [0.4, 0.5) is 0 Å². The molecule has 13 heavy (non-hydrogen) atoms. The molecule has 0 saturated carbocycles. The largest absolute Gasteiger partial charge is 0.345 e. The minimum atomic E-state index is -0.130. The second-order valence-electron chi connectivity index (χ2n) is 2.76. The predicted octanol–water partition coefficient (Wildman–Crippen LogP) is -0.647. The van der Waals surface area contributed by atoms with Gasteiger partial charge < -0.3 is 0 Å². The molecule has 0 saturated heterocycles. The number of H-pyrrole nitrogens is 1. The second kappa shape index (κ2) is 2.89. The lowest BCUT2D eigenvalue weighted by molar-refractivity contribution is 0.634. The molecule has 6 nitrogen and oxygen atoms in total. The average molecular weight is 179 g/mol. The molecule has 0 aliphatic carbocycles. The van der Waals surface area contributed by atoms with Crippen molar-refractivity contribution in [1.29, 1.82) is 0 Å². The van der Waals surface area contributed by atoms with Gasteiger partial charge in [-0.15, -0.1) is 0 Å². The van der Waals surface area contributed by atoms with Crippen LogP contribution in [0.1, 0.15) is 5.69 Å². The molecule has 2 rings (SSSR count). The topological polar surface area (TPSA) is 68.5 Å². The Balaban J connectivity index is 2.29. The highest BCUT2D eigenvalue weighted by Gasteiger charge is 2.02. The van der Waals surface area contributed by atoms with E-state index in [4.69, 9.17) is 0 Å². The number of hydrogen-bond donors (Lipinski definition) is 1. The highest BCUT2D eigenvalue weighted by Crippen LogP contribution is 1.92. The van der Waals surface area contributed by atoms with Gasteiger partial charge in [-0.25, -0.2) is 9.48 Å². The highest BCUT2D eigenvalue weighted by molar-refractivity contribution is 4.97. The standard InChI is InChI=1S/C7H9N5O/c1-11-5-9-12(7(11)13)4-6-2-3-8-10-6/h2-3,5H,4H2,1H3,(H,8,10). The van der Waals surface area contributed by atoms with Crippen LogP contribution < -0.4 is 5.69 Å². The van der Waals surface area contributed by atoms with Crippen LogP contribution in [0, 0.1) is 0 Å². The maximum atomic E-state index is 11.3. The number of hydrogen-bond acceptors (Lipinski definition) is 3. The smallest absolute Gasteiger partial charge is 0.285 e. The molecule has 2 aromatic rings. The molecule has 6 heteroatoms. The molecule has 0 aromatic carbocycles. The van der Waals surface area contributed by atoms with E-state index in [-0.39, 0.29) is 5.69 Å². The summed E-state index contributed by atoms with van der Waals surface area (Å²) in [5.74, 6) is 0. The van der Waals surface area contributed by atoms with E-state index >= 15 is 0 Å². The number of rotatable bonds is 2. The maximum absolute atomic E-state index is 11.3. The summed E-state index contributed by atoms with van der Waals surface area (Å²) in [6.07, 6.45) is 3.13. The molecule has 0 atom stereocenters. The zero-order valence-electron chi connectivity index (χ0n) is 7.14. The molecular weight excluding hydrogens is 170 g/mol. The predicted molar refractivity (Wildman–Crippen MR) is 45.2 cm³/mol. The number of aromatic nitrogens is 5. The summed E-state index contributed by atoms with van der Waals surface area (Å²) in [5.41, 5.74) is 0.732. The molecule has 68 valence electrons. The Morgan fingerprint density at radius 1 is 1.62 bits per heavy atom. The lowest BCUT2D eigenvalue weighted by atomic mass is 10.4. The van der Waals surface area contributed by atoms with Gasteiger partial charge in [0.05, 0.1) is 12.2 Å². The van der Waals surface area contributed by atoms with E-state index in [0.29, 0.717) is 6.54 Å². The van der Waals surface area contributed by atoms with Crippen molar-refractivity contribution in [2.45, 2.75) is 6.54 Å². The van der Waals surface area contributed by atoms with Crippen LogP contribution >= 0.6 is 0 Å². The summed E-state index contributed by atoms with van der Waals surface area (Å²) >= 11 is 0. The van der Waals surface area contributed by atoms with Gasteiger partial charge >= 0.3 is 5.69 Å². The van der Waals surface area contributed by atoms with Gasteiger partial charge in [0.2, 0.25) is 0 Å². The molecule has 0 spiro atoms. The van der Waals surface area contributed by atoms with Gasteiger partial charge in [-0.05, 0) is 6.07 Å². The Bertz CT molecular complexity index is 438. The molecule has 0 aliphatic rings. The fraction of sp³-hybridized carbons (Fsp3) is 0.286. The molecule has 0 bridgehead atoms. The molecule has 2 heterocycles. The first-order chi connectivity index (χ1) is 6.27. The third kappa shape index (κ3) is 1.37. The molecule has 0 amide bonds. The van der Waals surface area contributed by atoms with Gasteiger partial charge in [0.25, 0.3) is 0 Å². The molecule has 0 aliphatic heterocycles. The quantitative estimate of drug-likeness (QED) is 0.666. The van der Waals surface area contributed by atoms with Crippen molar-refractivity contribution < 1.29 is 0 Å². The van der Waals surface area contributed by atoms with E-state index in [9.17, 15) is 4.79 Å². The maximum Gasteiger partial charge on any atom is 0.345 e. The minimum Gasteiger partial charge on any atom is -0.285 e. The van der Waals surface area contributed by atoms with Crippen molar-refractivity contribution in [3.63, 3.8) is 0 Å². The number of aromatic amines is 1. The fourth-order valence-electron chi connectivity index (χ4n) is 1.06. The first kappa shape index (κ1) is 7.78. The lowest BCUT2D eigenvalue weighted by Crippen LogP contribution is -2.23. The molecule has 0 fully saturated rings. The van der Waals surface area contributed by atoms with Crippen LogP contribution in [0.3, 0.4) is 0 Å². The number of nitrogens with one attached hydrogen (secondary N) is 1. The number of nitrogens with zero attached hydrogens (tertiary/aromatic N) is 4. The number of aryl methyl sites for hydroxylation is 1. The fourth-order valence-corrected chi connectivity index (χ4v) is 1.06. The molecule has 0 unspecified atom stereocenters.